The first-order valence-electron chi connectivity index (χ1n) is 5.42. The predicted molar refractivity (Wildman–Crippen MR) is 80.0 cm³/mol. The molecule has 0 bridgehead atoms. The number of aliphatic hydroxyl groups is 1. The second-order valence-electron chi connectivity index (χ2n) is 4.39. The lowest BCUT2D eigenvalue weighted by Gasteiger charge is -2.14. The van der Waals surface area contributed by atoms with Crippen LogP contribution in [0.25, 0.3) is 0 Å². The average Bonchev–Trinajstić information content (AvgIpc) is 2.38. The van der Waals surface area contributed by atoms with Crippen molar-refractivity contribution in [3.63, 3.8) is 0 Å². The van der Waals surface area contributed by atoms with Gasteiger partial charge in [0.2, 0.25) is 5.24 Å². The molecule has 6 nitrogen and oxygen atoms in total. The van der Waals surface area contributed by atoms with Gasteiger partial charge in [-0.15, -0.1) is 23.2 Å². The number of carbonyl (C=O) groups excluding carboxylic acids is 2. The van der Waals surface area contributed by atoms with Crippen LogP contribution in [0.5, 0.6) is 0 Å². The van der Waals surface area contributed by atoms with Gasteiger partial charge in [-0.25, -0.2) is 0 Å². The number of ether oxygens (including phenoxy) is 1. The van der Waals surface area contributed by atoms with Gasteiger partial charge in [0.25, 0.3) is 0 Å². The zero-order valence-electron chi connectivity index (χ0n) is 12.1. The Morgan fingerprint density at radius 1 is 1.10 bits per heavy atom. The van der Waals surface area contributed by atoms with Gasteiger partial charge in [0.15, 0.2) is 5.60 Å². The molecule has 0 aliphatic rings. The number of rotatable bonds is 3. The largest absolute Gasteiger partial charge is 0.443 e. The molecule has 120 valence electrons. The van der Waals surface area contributed by atoms with Crippen molar-refractivity contribution in [2.45, 2.75) is 38.9 Å². The third-order valence-electron chi connectivity index (χ3n) is 1.13. The van der Waals surface area contributed by atoms with Crippen molar-refractivity contribution in [2.75, 3.05) is 11.8 Å². The van der Waals surface area contributed by atoms with Gasteiger partial charge in [-0.05, 0) is 39.3 Å². The van der Waals surface area contributed by atoms with E-state index in [1.807, 2.05) is 0 Å². The van der Waals surface area contributed by atoms with Crippen molar-refractivity contribution in [3.8, 4) is 12.1 Å². The number of nitriles is 2. The van der Waals surface area contributed by atoms with Crippen LogP contribution in [0.1, 0.15) is 27.7 Å². The minimum atomic E-state index is -1.15. The van der Waals surface area contributed by atoms with Crippen molar-refractivity contribution >= 4 is 46.0 Å². The topological polar surface area (TPSA) is 111 Å². The SMILES string of the molecule is CC(C)(C#N)OC(=O)CCl.CC(C)(O)C#N.O=C(Cl)CCl. The van der Waals surface area contributed by atoms with E-state index in [0.29, 0.717) is 0 Å². The van der Waals surface area contributed by atoms with Crippen LogP contribution in [0.3, 0.4) is 0 Å². The third kappa shape index (κ3) is 28.0. The van der Waals surface area contributed by atoms with E-state index in [2.05, 4.69) is 4.74 Å². The second kappa shape index (κ2) is 12.7. The summed E-state index contributed by atoms with van der Waals surface area (Å²) >= 11 is 14.7. The Kier molecular flexibility index (Phi) is 15.0. The van der Waals surface area contributed by atoms with E-state index in [-0.39, 0.29) is 11.8 Å². The molecule has 0 radical (unpaired) electrons. The molecular formula is C12H17Cl3N2O4. The normalized spacial score (nSPS) is 9.62. The minimum Gasteiger partial charge on any atom is -0.443 e. The highest BCUT2D eigenvalue weighted by molar-refractivity contribution is 6.67. The summed E-state index contributed by atoms with van der Waals surface area (Å²) in [6.07, 6.45) is 0. The third-order valence-corrected chi connectivity index (χ3v) is 1.86. The fourth-order valence-electron chi connectivity index (χ4n) is 0.335. The summed E-state index contributed by atoms with van der Waals surface area (Å²) in [6, 6.07) is 3.46. The Bertz CT molecular complexity index is 406. The molecule has 0 heterocycles. The lowest BCUT2D eigenvalue weighted by Crippen LogP contribution is -2.26. The zero-order chi connectivity index (χ0) is 17.7. The fraction of sp³-hybridized carbons (Fsp3) is 0.667. The van der Waals surface area contributed by atoms with Crippen LogP contribution < -0.4 is 0 Å². The molecule has 0 aromatic rings. The summed E-state index contributed by atoms with van der Waals surface area (Å²) in [6.45, 7) is 5.87. The summed E-state index contributed by atoms with van der Waals surface area (Å²) in [5, 5.41) is 24.2. The highest BCUT2D eigenvalue weighted by Gasteiger charge is 2.20. The van der Waals surface area contributed by atoms with Gasteiger partial charge < -0.3 is 9.84 Å². The number of esters is 1. The summed E-state index contributed by atoms with van der Waals surface area (Å²) < 4.78 is 4.60. The Morgan fingerprint density at radius 2 is 1.43 bits per heavy atom. The van der Waals surface area contributed by atoms with Crippen molar-refractivity contribution in [2.24, 2.45) is 0 Å². The maximum Gasteiger partial charge on any atom is 0.322 e. The van der Waals surface area contributed by atoms with Crippen molar-refractivity contribution in [3.05, 3.63) is 0 Å². The molecule has 0 aliphatic carbocycles. The first-order valence-corrected chi connectivity index (χ1v) is 6.86. The highest BCUT2D eigenvalue weighted by atomic mass is 35.5. The summed E-state index contributed by atoms with van der Waals surface area (Å²) in [5.41, 5.74) is -2.22. The summed E-state index contributed by atoms with van der Waals surface area (Å²) in [4.78, 5) is 19.9. The second-order valence-corrected chi connectivity index (χ2v) is 5.35. The molecule has 9 heteroatoms. The van der Waals surface area contributed by atoms with Gasteiger partial charge in [0, 0.05) is 0 Å². The van der Waals surface area contributed by atoms with Crippen LogP contribution in [0.4, 0.5) is 0 Å². The van der Waals surface area contributed by atoms with E-state index in [1.54, 1.807) is 12.1 Å². The molecule has 0 spiro atoms. The van der Waals surface area contributed by atoms with E-state index < -0.39 is 22.4 Å². The lowest BCUT2D eigenvalue weighted by atomic mass is 10.2. The van der Waals surface area contributed by atoms with E-state index in [1.165, 1.54) is 27.7 Å². The molecule has 0 aromatic carbocycles. The number of hydrogen-bond donors (Lipinski definition) is 1. The van der Waals surface area contributed by atoms with Crippen LogP contribution in [0, 0.1) is 22.7 Å². The molecule has 0 saturated heterocycles. The van der Waals surface area contributed by atoms with E-state index in [0.717, 1.165) is 0 Å². The first kappa shape index (κ1) is 24.9. The van der Waals surface area contributed by atoms with E-state index in [9.17, 15) is 9.59 Å². The fourth-order valence-corrected chi connectivity index (χ4v) is 0.389. The molecule has 0 atom stereocenters. The van der Waals surface area contributed by atoms with Crippen LogP contribution in [0.15, 0.2) is 0 Å². The van der Waals surface area contributed by atoms with E-state index in [4.69, 9.17) is 50.4 Å². The molecule has 0 saturated carbocycles. The van der Waals surface area contributed by atoms with Crippen molar-refractivity contribution in [1.29, 1.82) is 10.5 Å². The van der Waals surface area contributed by atoms with Gasteiger partial charge in [-0.2, -0.15) is 10.5 Å². The Hall–Kier alpha value is -1.05. The van der Waals surface area contributed by atoms with Crippen LogP contribution >= 0.6 is 34.8 Å². The first-order chi connectivity index (χ1) is 9.35. The molecule has 0 aliphatic heterocycles. The quantitative estimate of drug-likeness (QED) is 0.358. The number of carbonyl (C=O) groups is 2. The van der Waals surface area contributed by atoms with Crippen LogP contribution in [-0.4, -0.2) is 39.3 Å². The zero-order valence-corrected chi connectivity index (χ0v) is 14.4. The molecule has 21 heavy (non-hydrogen) atoms. The van der Waals surface area contributed by atoms with E-state index >= 15 is 0 Å². The number of nitrogens with zero attached hydrogens (tertiary/aromatic N) is 2. The number of alkyl halides is 2. The van der Waals surface area contributed by atoms with Gasteiger partial charge in [-0.3, -0.25) is 9.59 Å². The maximum atomic E-state index is 10.5. The number of hydrogen-bond acceptors (Lipinski definition) is 6. The lowest BCUT2D eigenvalue weighted by molar-refractivity contribution is -0.148. The van der Waals surface area contributed by atoms with Gasteiger partial charge in [0.05, 0.1) is 11.9 Å². The Labute approximate surface area is 139 Å². The molecule has 0 fully saturated rings. The highest BCUT2D eigenvalue weighted by Crippen LogP contribution is 2.06. The van der Waals surface area contributed by atoms with Crippen LogP contribution in [0.2, 0.25) is 0 Å². The molecule has 0 unspecified atom stereocenters. The molecule has 0 aromatic heterocycles. The monoisotopic (exact) mass is 358 g/mol. The summed E-state index contributed by atoms with van der Waals surface area (Å²) in [7, 11) is 0. The molecule has 0 amide bonds. The predicted octanol–water partition coefficient (Wildman–Crippen LogP) is 2.34. The van der Waals surface area contributed by atoms with Gasteiger partial charge >= 0.3 is 5.97 Å². The summed E-state index contributed by atoms with van der Waals surface area (Å²) in [5.74, 6) is -0.889. The minimum absolute atomic E-state index is 0.0957. The molecular weight excluding hydrogens is 343 g/mol. The maximum absolute atomic E-state index is 10.5. The van der Waals surface area contributed by atoms with Crippen molar-refractivity contribution < 1.29 is 19.4 Å². The van der Waals surface area contributed by atoms with Gasteiger partial charge in [0.1, 0.15) is 17.6 Å². The van der Waals surface area contributed by atoms with Crippen LogP contribution in [-0.2, 0) is 14.3 Å². The standard InChI is InChI=1S/C6H8ClNO2.C4H7NO.C2H2Cl2O/c1-6(2,4-8)10-5(9)3-7;1-4(2,6)3-5;3-1-2(4)5/h3H2,1-2H3;6H,1-2H3;1H2. The smallest absolute Gasteiger partial charge is 0.322 e. The van der Waals surface area contributed by atoms with Gasteiger partial charge in [-0.1, -0.05) is 0 Å². The Balaban J connectivity index is -0.000000252. The molecule has 0 rings (SSSR count). The average molecular weight is 360 g/mol. The number of halogens is 3. The molecule has 1 N–H and O–H groups in total. The Morgan fingerprint density at radius 3 is 1.57 bits per heavy atom. The van der Waals surface area contributed by atoms with Crippen molar-refractivity contribution in [1.82, 2.24) is 0 Å².